The third-order valence-corrected chi connectivity index (χ3v) is 5.29. The number of amides is 2. The van der Waals surface area contributed by atoms with Crippen molar-refractivity contribution in [3.8, 4) is 11.5 Å². The van der Waals surface area contributed by atoms with E-state index in [9.17, 15) is 18.0 Å². The van der Waals surface area contributed by atoms with E-state index in [1.54, 1.807) is 35.5 Å². The van der Waals surface area contributed by atoms with Gasteiger partial charge in [0.2, 0.25) is 0 Å². The normalized spacial score (nSPS) is 13.5. The first-order valence-electron chi connectivity index (χ1n) is 10.5. The van der Waals surface area contributed by atoms with Gasteiger partial charge in [-0.1, -0.05) is 12.1 Å². The standard InChI is InChI=1S/C24H23F3N4O2.2ClH.H2O/c25-24(26,27)19-6-8-21(9-7-19)33-22-5-1-3-18(15-22)17-30-11-13-31(14-12-30)23(32)29-20-4-2-10-28-16-20;;;/h1-10,15-16H,11-14,17H2,(H,29,32);2*1H;1H2. The van der Waals surface area contributed by atoms with Crippen LogP contribution in [0.25, 0.3) is 0 Å². The third kappa shape index (κ3) is 8.56. The summed E-state index contributed by atoms with van der Waals surface area (Å²) >= 11 is 0. The first kappa shape index (κ1) is 31.0. The molecule has 7 nitrogen and oxygen atoms in total. The molecule has 2 aromatic carbocycles. The molecule has 0 spiro atoms. The summed E-state index contributed by atoms with van der Waals surface area (Å²) in [5.74, 6) is 0.898. The molecule has 3 aromatic rings. The summed E-state index contributed by atoms with van der Waals surface area (Å²) in [5, 5.41) is 2.85. The number of ether oxygens (including phenoxy) is 1. The highest BCUT2D eigenvalue weighted by molar-refractivity contribution is 5.89. The van der Waals surface area contributed by atoms with Crippen LogP contribution in [0, 0.1) is 0 Å². The maximum absolute atomic E-state index is 12.7. The van der Waals surface area contributed by atoms with Crippen LogP contribution in [0.5, 0.6) is 11.5 Å². The van der Waals surface area contributed by atoms with E-state index in [1.807, 2.05) is 18.2 Å². The van der Waals surface area contributed by atoms with E-state index in [-0.39, 0.29) is 36.3 Å². The smallest absolute Gasteiger partial charge is 0.416 e. The number of carbonyl (C=O) groups is 1. The molecule has 1 aliphatic heterocycles. The van der Waals surface area contributed by atoms with Crippen LogP contribution in [0.3, 0.4) is 0 Å². The van der Waals surface area contributed by atoms with E-state index >= 15 is 0 Å². The van der Waals surface area contributed by atoms with Crippen molar-refractivity contribution in [1.82, 2.24) is 14.8 Å². The van der Waals surface area contributed by atoms with Crippen molar-refractivity contribution in [2.45, 2.75) is 12.7 Å². The minimum Gasteiger partial charge on any atom is -0.457 e. The van der Waals surface area contributed by atoms with E-state index in [4.69, 9.17) is 4.74 Å². The number of urea groups is 1. The van der Waals surface area contributed by atoms with Crippen LogP contribution in [0.4, 0.5) is 23.7 Å². The summed E-state index contributed by atoms with van der Waals surface area (Å²) in [6.07, 6.45) is -1.12. The Morgan fingerprint density at radius 1 is 0.944 bits per heavy atom. The number of hydrogen-bond donors (Lipinski definition) is 1. The topological polar surface area (TPSA) is 89.2 Å². The Bertz CT molecular complexity index is 1080. The maximum atomic E-state index is 12.7. The summed E-state index contributed by atoms with van der Waals surface area (Å²) in [7, 11) is 0. The zero-order valence-corrected chi connectivity index (χ0v) is 20.7. The van der Waals surface area contributed by atoms with Gasteiger partial charge in [0.15, 0.2) is 0 Å². The average Bonchev–Trinajstić information content (AvgIpc) is 2.80. The Morgan fingerprint density at radius 2 is 1.64 bits per heavy atom. The number of piperazine rings is 1. The Hall–Kier alpha value is -3.05. The second-order valence-corrected chi connectivity index (χ2v) is 7.71. The number of rotatable bonds is 5. The van der Waals surface area contributed by atoms with Gasteiger partial charge in [0, 0.05) is 38.9 Å². The third-order valence-electron chi connectivity index (χ3n) is 5.29. The van der Waals surface area contributed by atoms with Crippen molar-refractivity contribution < 1.29 is 28.2 Å². The fourth-order valence-corrected chi connectivity index (χ4v) is 3.56. The molecule has 0 saturated carbocycles. The van der Waals surface area contributed by atoms with Gasteiger partial charge in [-0.3, -0.25) is 9.88 Å². The van der Waals surface area contributed by atoms with E-state index in [0.717, 1.165) is 30.8 Å². The molecule has 0 aliphatic carbocycles. The van der Waals surface area contributed by atoms with Crippen LogP contribution in [-0.2, 0) is 12.7 Å². The molecule has 0 unspecified atom stereocenters. The molecule has 1 saturated heterocycles. The molecule has 2 heterocycles. The van der Waals surface area contributed by atoms with Gasteiger partial charge >= 0.3 is 12.2 Å². The van der Waals surface area contributed by atoms with Crippen LogP contribution in [0.2, 0.25) is 0 Å². The largest absolute Gasteiger partial charge is 0.457 e. The first-order valence-corrected chi connectivity index (χ1v) is 10.5. The highest BCUT2D eigenvalue weighted by Gasteiger charge is 2.30. The Kier molecular flexibility index (Phi) is 11.9. The lowest BCUT2D eigenvalue weighted by atomic mass is 10.2. The van der Waals surface area contributed by atoms with E-state index in [1.165, 1.54) is 12.1 Å². The minimum atomic E-state index is -4.37. The van der Waals surface area contributed by atoms with Crippen molar-refractivity contribution in [1.29, 1.82) is 0 Å². The molecule has 0 radical (unpaired) electrons. The van der Waals surface area contributed by atoms with Crippen LogP contribution in [-0.4, -0.2) is 52.5 Å². The van der Waals surface area contributed by atoms with Gasteiger partial charge in [-0.2, -0.15) is 13.2 Å². The molecule has 1 aliphatic rings. The first-order chi connectivity index (χ1) is 15.9. The van der Waals surface area contributed by atoms with Crippen LogP contribution >= 0.6 is 24.8 Å². The molecule has 0 atom stereocenters. The van der Waals surface area contributed by atoms with E-state index in [0.29, 0.717) is 36.8 Å². The fraction of sp³-hybridized carbons (Fsp3) is 0.250. The molecule has 1 fully saturated rings. The molecule has 0 bridgehead atoms. The highest BCUT2D eigenvalue weighted by atomic mass is 35.5. The molecular weight excluding hydrogens is 520 g/mol. The van der Waals surface area contributed by atoms with Crippen molar-refractivity contribution in [3.05, 3.63) is 84.2 Å². The summed E-state index contributed by atoms with van der Waals surface area (Å²) in [5.41, 5.74) is 0.972. The van der Waals surface area contributed by atoms with Gasteiger partial charge in [0.25, 0.3) is 0 Å². The molecule has 12 heteroatoms. The zero-order valence-electron chi connectivity index (χ0n) is 19.1. The second kappa shape index (κ2) is 13.9. The van der Waals surface area contributed by atoms with E-state index in [2.05, 4.69) is 15.2 Å². The van der Waals surface area contributed by atoms with Crippen molar-refractivity contribution in [3.63, 3.8) is 0 Å². The van der Waals surface area contributed by atoms with Crippen LogP contribution < -0.4 is 10.1 Å². The van der Waals surface area contributed by atoms with Gasteiger partial charge in [0.1, 0.15) is 11.5 Å². The van der Waals surface area contributed by atoms with Crippen LogP contribution in [0.1, 0.15) is 11.1 Å². The summed E-state index contributed by atoms with van der Waals surface area (Å²) < 4.78 is 43.9. The van der Waals surface area contributed by atoms with Gasteiger partial charge in [-0.15, -0.1) is 24.8 Å². The summed E-state index contributed by atoms with van der Waals surface area (Å²) in [6, 6.07) is 15.5. The lowest BCUT2D eigenvalue weighted by molar-refractivity contribution is -0.137. The monoisotopic (exact) mass is 546 g/mol. The molecule has 36 heavy (non-hydrogen) atoms. The van der Waals surface area contributed by atoms with Crippen LogP contribution in [0.15, 0.2) is 73.1 Å². The SMILES string of the molecule is Cl.Cl.O.O=C(Nc1cccnc1)N1CCN(Cc2cccc(Oc3ccc(C(F)(F)F)cc3)c2)CC1. The predicted molar refractivity (Wildman–Crippen MR) is 136 cm³/mol. The minimum absolute atomic E-state index is 0. The lowest BCUT2D eigenvalue weighted by Gasteiger charge is -2.34. The number of nitrogens with one attached hydrogen (secondary N) is 1. The Balaban J connectivity index is 0.00000216. The molecule has 196 valence electrons. The Morgan fingerprint density at radius 3 is 2.25 bits per heavy atom. The van der Waals surface area contributed by atoms with Gasteiger partial charge in [0.05, 0.1) is 17.4 Å². The summed E-state index contributed by atoms with van der Waals surface area (Å²) in [6.45, 7) is 3.35. The van der Waals surface area contributed by atoms with Gasteiger partial charge < -0.3 is 20.4 Å². The van der Waals surface area contributed by atoms with E-state index < -0.39 is 11.7 Å². The molecule has 4 rings (SSSR count). The fourth-order valence-electron chi connectivity index (χ4n) is 3.56. The second-order valence-electron chi connectivity index (χ2n) is 7.71. The number of anilines is 1. The van der Waals surface area contributed by atoms with Crippen molar-refractivity contribution in [2.24, 2.45) is 0 Å². The quantitative estimate of drug-likeness (QED) is 0.472. The summed E-state index contributed by atoms with van der Waals surface area (Å²) in [4.78, 5) is 20.4. The number of pyridine rings is 1. The zero-order chi connectivity index (χ0) is 23.3. The number of benzene rings is 2. The van der Waals surface area contributed by atoms with Crippen molar-refractivity contribution in [2.75, 3.05) is 31.5 Å². The maximum Gasteiger partial charge on any atom is 0.416 e. The number of hydrogen-bond acceptors (Lipinski definition) is 4. The number of nitrogens with zero attached hydrogens (tertiary/aromatic N) is 3. The molecular formula is C24H27Cl2F3N4O3. The average molecular weight is 547 g/mol. The number of halogens is 5. The lowest BCUT2D eigenvalue weighted by Crippen LogP contribution is -2.49. The predicted octanol–water partition coefficient (Wildman–Crippen LogP) is 5.26. The molecule has 1 aromatic heterocycles. The number of alkyl halides is 3. The molecule has 2 amide bonds. The van der Waals surface area contributed by atoms with Crippen molar-refractivity contribution >= 4 is 36.5 Å². The highest BCUT2D eigenvalue weighted by Crippen LogP contribution is 2.31. The Labute approximate surface area is 219 Å². The molecule has 3 N–H and O–H groups in total. The van der Waals surface area contributed by atoms with Gasteiger partial charge in [-0.25, -0.2) is 4.79 Å². The number of aromatic nitrogens is 1. The number of carbonyl (C=O) groups excluding carboxylic acids is 1. The van der Waals surface area contributed by atoms with Gasteiger partial charge in [-0.05, 0) is 54.1 Å².